The van der Waals surface area contributed by atoms with Gasteiger partial charge in [-0.1, -0.05) is 0 Å². The molecule has 0 aliphatic carbocycles. The van der Waals surface area contributed by atoms with Crippen LogP contribution in [-0.4, -0.2) is 93.7 Å². The van der Waals surface area contributed by atoms with Gasteiger partial charge in [0.05, 0.1) is 0 Å². The molecule has 0 saturated carbocycles. The molecular weight excluding hydrogens is 635 g/mol. The van der Waals surface area contributed by atoms with Gasteiger partial charge in [-0.15, -0.1) is 0 Å². The molecular formula is C28H48B4O8Te. The van der Waals surface area contributed by atoms with E-state index in [4.69, 9.17) is 37.2 Å². The van der Waals surface area contributed by atoms with Gasteiger partial charge in [-0.05, 0) is 0 Å². The zero-order valence-electron chi connectivity index (χ0n) is 28.0. The van der Waals surface area contributed by atoms with Crippen LogP contribution in [0.25, 0.3) is 0 Å². The van der Waals surface area contributed by atoms with E-state index < -0.39 is 93.7 Å². The topological polar surface area (TPSA) is 73.8 Å². The van der Waals surface area contributed by atoms with Crippen molar-refractivity contribution in [3.63, 3.8) is 0 Å². The minimum absolute atomic E-state index is 0.504. The molecule has 4 aliphatic rings. The zero-order chi connectivity index (χ0) is 31.0. The van der Waals surface area contributed by atoms with Gasteiger partial charge < -0.3 is 0 Å². The molecule has 0 atom stereocenters. The second kappa shape index (κ2) is 9.37. The van der Waals surface area contributed by atoms with Gasteiger partial charge in [0.15, 0.2) is 0 Å². The minimum atomic E-state index is -1.14. The van der Waals surface area contributed by atoms with E-state index in [1.165, 1.54) is 0 Å². The van der Waals surface area contributed by atoms with Gasteiger partial charge >= 0.3 is 260 Å². The molecule has 0 bridgehead atoms. The van der Waals surface area contributed by atoms with Crippen molar-refractivity contribution in [2.45, 2.75) is 156 Å². The van der Waals surface area contributed by atoms with Crippen molar-refractivity contribution in [3.05, 3.63) is 0 Å². The molecule has 13 heteroatoms. The van der Waals surface area contributed by atoms with Crippen LogP contribution in [0.5, 0.6) is 0 Å². The first-order valence-corrected chi connectivity index (χ1v) is 17.2. The van der Waals surface area contributed by atoms with E-state index in [1.807, 2.05) is 0 Å². The predicted octanol–water partition coefficient (Wildman–Crippen LogP) is 1.94. The van der Waals surface area contributed by atoms with Gasteiger partial charge in [-0.25, -0.2) is 0 Å². The van der Waals surface area contributed by atoms with Gasteiger partial charge in [-0.3, -0.25) is 0 Å². The van der Waals surface area contributed by atoms with E-state index in [0.717, 1.165) is 17.9 Å². The van der Waals surface area contributed by atoms with Crippen molar-refractivity contribution in [2.24, 2.45) is 0 Å². The van der Waals surface area contributed by atoms with E-state index in [1.54, 1.807) is 0 Å². The van der Waals surface area contributed by atoms with E-state index in [-0.39, 0.29) is 0 Å². The number of hydrogen-bond donors (Lipinski definition) is 0. The summed E-state index contributed by atoms with van der Waals surface area (Å²) in [6, 6.07) is 0. The van der Waals surface area contributed by atoms with Gasteiger partial charge in [0, 0.05) is 0 Å². The summed E-state index contributed by atoms with van der Waals surface area (Å²) in [5, 5.41) is 0. The Kier molecular flexibility index (Phi) is 7.45. The van der Waals surface area contributed by atoms with Gasteiger partial charge in [0.2, 0.25) is 0 Å². The summed E-state index contributed by atoms with van der Waals surface area (Å²) in [7, 11) is -2.44. The molecule has 4 fully saturated rings. The molecule has 41 heavy (non-hydrogen) atoms. The molecule has 1 aromatic rings. The maximum absolute atomic E-state index is 6.73. The molecule has 1 aromatic heterocycles. The number of rotatable bonds is 4. The normalized spacial score (nSPS) is 30.0. The fraction of sp³-hybridized carbons (Fsp3) is 0.857. The first kappa shape index (κ1) is 32.6. The van der Waals surface area contributed by atoms with Crippen LogP contribution in [0, 0.1) is 0 Å². The third-order valence-electron chi connectivity index (χ3n) is 11.0. The van der Waals surface area contributed by atoms with Crippen molar-refractivity contribution in [1.82, 2.24) is 0 Å². The first-order chi connectivity index (χ1) is 18.2. The average Bonchev–Trinajstić information content (AvgIpc) is 3.43. The Morgan fingerprint density at radius 1 is 0.317 bits per heavy atom. The Balaban J connectivity index is 1.74. The second-order valence-corrected chi connectivity index (χ2v) is 19.1. The van der Waals surface area contributed by atoms with Crippen LogP contribution in [-0.2, 0) is 37.2 Å². The molecule has 0 amide bonds. The molecule has 0 spiro atoms. The Morgan fingerprint density at radius 3 is 0.683 bits per heavy atom. The van der Waals surface area contributed by atoms with Crippen LogP contribution in [0.3, 0.4) is 0 Å². The van der Waals surface area contributed by atoms with E-state index in [9.17, 15) is 0 Å². The molecule has 8 nitrogen and oxygen atoms in total. The monoisotopic (exact) mass is 686 g/mol. The Morgan fingerprint density at radius 2 is 0.488 bits per heavy atom. The summed E-state index contributed by atoms with van der Waals surface area (Å²) in [6.45, 7) is 33.2. The summed E-state index contributed by atoms with van der Waals surface area (Å²) < 4.78 is 55.8. The third-order valence-corrected chi connectivity index (χ3v) is 14.6. The van der Waals surface area contributed by atoms with Crippen molar-refractivity contribution in [1.29, 1.82) is 0 Å². The zero-order valence-corrected chi connectivity index (χ0v) is 30.3. The fourth-order valence-corrected chi connectivity index (χ4v) is 8.73. The van der Waals surface area contributed by atoms with Crippen LogP contribution in [0.2, 0.25) is 0 Å². The molecule has 5 heterocycles. The van der Waals surface area contributed by atoms with Crippen LogP contribution >= 0.6 is 0 Å². The summed E-state index contributed by atoms with van der Waals surface area (Å²) in [5.74, 6) is 0. The van der Waals surface area contributed by atoms with Crippen molar-refractivity contribution in [3.8, 4) is 0 Å². The standard InChI is InChI=1S/C28H48B4O8Te/c1-21(2)22(3,4)34-29(33-21)17-18(30-35-23(5,6)24(7,8)36-30)20(32-39-27(13,14)28(15,16)40-32)41-19(17)31-37-25(9,10)26(11,12)38-31/h1-16H3. The van der Waals surface area contributed by atoms with Crippen LogP contribution in [0.1, 0.15) is 111 Å². The van der Waals surface area contributed by atoms with E-state index in [2.05, 4.69) is 111 Å². The Labute approximate surface area is 258 Å². The summed E-state index contributed by atoms with van der Waals surface area (Å²) in [5.41, 5.74) is -2.39. The SMILES string of the molecule is CC1(C)OB(c2[te]c(B3OC(C)(C)C(C)(C)O3)c(B3OC(C)(C)C(C)(C)O3)c2B2OC(C)(C)C(C)(C)O2)OC1(C)C. The molecule has 5 rings (SSSR count). The molecule has 4 aliphatic heterocycles. The molecule has 0 aromatic carbocycles. The van der Waals surface area contributed by atoms with E-state index >= 15 is 0 Å². The molecule has 0 radical (unpaired) electrons. The Bertz CT molecular complexity index is 1070. The summed E-state index contributed by atoms with van der Waals surface area (Å²) in [4.78, 5) is 0. The summed E-state index contributed by atoms with van der Waals surface area (Å²) in [6.07, 6.45) is 0. The number of hydrogen-bond acceptors (Lipinski definition) is 8. The van der Waals surface area contributed by atoms with Gasteiger partial charge in [0.1, 0.15) is 0 Å². The maximum atomic E-state index is 6.73. The quantitative estimate of drug-likeness (QED) is 0.447. The van der Waals surface area contributed by atoms with Gasteiger partial charge in [-0.2, -0.15) is 0 Å². The summed E-state index contributed by atoms with van der Waals surface area (Å²) >= 11 is -1.14. The predicted molar refractivity (Wildman–Crippen MR) is 166 cm³/mol. The third kappa shape index (κ3) is 5.01. The molecule has 4 saturated heterocycles. The average molecular weight is 684 g/mol. The van der Waals surface area contributed by atoms with Crippen molar-refractivity contribution < 1.29 is 37.2 Å². The van der Waals surface area contributed by atoms with Crippen LogP contribution < -0.4 is 17.9 Å². The van der Waals surface area contributed by atoms with Crippen LogP contribution in [0.4, 0.5) is 0 Å². The van der Waals surface area contributed by atoms with Crippen molar-refractivity contribution in [2.75, 3.05) is 0 Å². The fourth-order valence-electron chi connectivity index (χ4n) is 5.15. The van der Waals surface area contributed by atoms with Crippen molar-refractivity contribution >= 4 is 66.8 Å². The molecule has 0 unspecified atom stereocenters. The van der Waals surface area contributed by atoms with E-state index in [0.29, 0.717) is 0 Å². The second-order valence-electron chi connectivity index (χ2n) is 16.0. The first-order valence-electron chi connectivity index (χ1n) is 14.8. The van der Waals surface area contributed by atoms with Gasteiger partial charge in [0.25, 0.3) is 0 Å². The molecule has 0 N–H and O–H groups in total. The Hall–Kier alpha value is 0.209. The van der Waals surface area contributed by atoms with Crippen LogP contribution in [0.15, 0.2) is 0 Å². The molecule has 226 valence electrons.